The first-order valence-electron chi connectivity index (χ1n) is 6.31. The molecule has 0 saturated carbocycles. The number of ether oxygens (including phenoxy) is 1. The van der Waals surface area contributed by atoms with E-state index in [1.807, 2.05) is 0 Å². The fourth-order valence-electron chi connectivity index (χ4n) is 2.19. The number of carbonyl (C=O) groups is 1. The molecule has 0 aromatic carbocycles. The fourth-order valence-corrected chi connectivity index (χ4v) is 2.85. The van der Waals surface area contributed by atoms with Gasteiger partial charge in [0.2, 0.25) is 0 Å². The SMILES string of the molecule is O=C(O)CCOC1CCN(Cc2ccsc2)CC1. The fraction of sp³-hybridized carbons (Fsp3) is 0.615. The van der Waals surface area contributed by atoms with Crippen molar-refractivity contribution in [2.75, 3.05) is 19.7 Å². The Labute approximate surface area is 111 Å². The lowest BCUT2D eigenvalue weighted by Gasteiger charge is -2.31. The van der Waals surface area contributed by atoms with Crippen molar-refractivity contribution < 1.29 is 14.6 Å². The van der Waals surface area contributed by atoms with Crippen LogP contribution in [0.25, 0.3) is 0 Å². The Kier molecular flexibility index (Phi) is 5.16. The minimum atomic E-state index is -0.787. The molecule has 100 valence electrons. The maximum Gasteiger partial charge on any atom is 0.305 e. The van der Waals surface area contributed by atoms with Gasteiger partial charge in [-0.1, -0.05) is 0 Å². The van der Waals surface area contributed by atoms with E-state index in [0.717, 1.165) is 32.5 Å². The molecule has 0 radical (unpaired) electrons. The van der Waals surface area contributed by atoms with Crippen LogP contribution in [0.5, 0.6) is 0 Å². The molecule has 1 saturated heterocycles. The second-order valence-electron chi connectivity index (χ2n) is 4.62. The Hall–Kier alpha value is -0.910. The number of aliphatic carboxylic acids is 1. The molecule has 1 N–H and O–H groups in total. The first-order chi connectivity index (χ1) is 8.74. The minimum absolute atomic E-state index is 0.106. The average Bonchev–Trinajstić information content (AvgIpc) is 2.84. The maximum absolute atomic E-state index is 10.4. The van der Waals surface area contributed by atoms with Crippen LogP contribution in [0, 0.1) is 0 Å². The molecule has 0 aliphatic carbocycles. The standard InChI is InChI=1S/C13H19NO3S/c15-13(16)3-7-17-12-1-5-14(6-2-12)9-11-4-8-18-10-11/h4,8,10,12H,1-3,5-7,9H2,(H,15,16). The Balaban J connectivity index is 1.63. The van der Waals surface area contributed by atoms with Gasteiger partial charge in [0.05, 0.1) is 19.1 Å². The van der Waals surface area contributed by atoms with E-state index in [1.54, 1.807) is 11.3 Å². The number of likely N-dealkylation sites (tertiary alicyclic amines) is 1. The number of hydrogen-bond acceptors (Lipinski definition) is 4. The quantitative estimate of drug-likeness (QED) is 0.860. The van der Waals surface area contributed by atoms with E-state index in [0.29, 0.717) is 6.61 Å². The van der Waals surface area contributed by atoms with Gasteiger partial charge >= 0.3 is 5.97 Å². The number of thiophene rings is 1. The molecule has 1 aliphatic rings. The first-order valence-corrected chi connectivity index (χ1v) is 7.25. The molecule has 4 nitrogen and oxygen atoms in total. The van der Waals surface area contributed by atoms with Crippen molar-refractivity contribution in [2.45, 2.75) is 31.9 Å². The summed E-state index contributed by atoms with van der Waals surface area (Å²) in [5.41, 5.74) is 1.38. The Bertz CT molecular complexity index is 358. The zero-order valence-electron chi connectivity index (χ0n) is 10.4. The van der Waals surface area contributed by atoms with Crippen molar-refractivity contribution in [3.63, 3.8) is 0 Å². The van der Waals surface area contributed by atoms with Crippen LogP contribution in [0.2, 0.25) is 0 Å². The lowest BCUT2D eigenvalue weighted by atomic mass is 10.1. The molecule has 0 amide bonds. The average molecular weight is 269 g/mol. The molecule has 5 heteroatoms. The normalized spacial score (nSPS) is 18.0. The van der Waals surface area contributed by atoms with Crippen molar-refractivity contribution in [2.24, 2.45) is 0 Å². The number of nitrogens with zero attached hydrogens (tertiary/aromatic N) is 1. The van der Waals surface area contributed by atoms with E-state index in [9.17, 15) is 4.79 Å². The van der Waals surface area contributed by atoms with Gasteiger partial charge in [0, 0.05) is 19.6 Å². The van der Waals surface area contributed by atoms with E-state index in [-0.39, 0.29) is 12.5 Å². The summed E-state index contributed by atoms with van der Waals surface area (Å²) in [4.78, 5) is 12.8. The largest absolute Gasteiger partial charge is 0.481 e. The summed E-state index contributed by atoms with van der Waals surface area (Å²) >= 11 is 1.74. The van der Waals surface area contributed by atoms with Gasteiger partial charge in [-0.25, -0.2) is 0 Å². The van der Waals surface area contributed by atoms with E-state index in [4.69, 9.17) is 9.84 Å². The van der Waals surface area contributed by atoms with Crippen LogP contribution in [0.3, 0.4) is 0 Å². The van der Waals surface area contributed by atoms with Crippen molar-refractivity contribution in [3.05, 3.63) is 22.4 Å². The third-order valence-electron chi connectivity index (χ3n) is 3.19. The van der Waals surface area contributed by atoms with E-state index in [1.165, 1.54) is 5.56 Å². The zero-order valence-corrected chi connectivity index (χ0v) is 11.2. The van der Waals surface area contributed by atoms with Gasteiger partial charge in [-0.05, 0) is 35.2 Å². The Morgan fingerprint density at radius 2 is 2.28 bits per heavy atom. The molecule has 1 aliphatic heterocycles. The monoisotopic (exact) mass is 269 g/mol. The molecule has 0 bridgehead atoms. The second kappa shape index (κ2) is 6.87. The molecule has 18 heavy (non-hydrogen) atoms. The van der Waals surface area contributed by atoms with Gasteiger partial charge in [0.15, 0.2) is 0 Å². The summed E-state index contributed by atoms with van der Waals surface area (Å²) in [7, 11) is 0. The molecular formula is C13H19NO3S. The summed E-state index contributed by atoms with van der Waals surface area (Å²) in [5, 5.41) is 12.8. The summed E-state index contributed by atoms with van der Waals surface area (Å²) in [6.07, 6.45) is 2.35. The van der Waals surface area contributed by atoms with Gasteiger partial charge in [-0.3, -0.25) is 9.69 Å². The van der Waals surface area contributed by atoms with Crippen LogP contribution < -0.4 is 0 Å². The highest BCUT2D eigenvalue weighted by molar-refractivity contribution is 7.07. The molecule has 1 fully saturated rings. The van der Waals surface area contributed by atoms with Crippen LogP contribution in [-0.2, 0) is 16.1 Å². The third kappa shape index (κ3) is 4.40. The summed E-state index contributed by atoms with van der Waals surface area (Å²) < 4.78 is 5.57. The van der Waals surface area contributed by atoms with Crippen LogP contribution in [0.4, 0.5) is 0 Å². The highest BCUT2D eigenvalue weighted by Crippen LogP contribution is 2.17. The molecule has 0 atom stereocenters. The Morgan fingerprint density at radius 3 is 2.89 bits per heavy atom. The predicted octanol–water partition coefficient (Wildman–Crippen LogP) is 2.20. The number of carboxylic acids is 1. The van der Waals surface area contributed by atoms with E-state index < -0.39 is 5.97 Å². The van der Waals surface area contributed by atoms with Crippen LogP contribution >= 0.6 is 11.3 Å². The Morgan fingerprint density at radius 1 is 1.50 bits per heavy atom. The topological polar surface area (TPSA) is 49.8 Å². The predicted molar refractivity (Wildman–Crippen MR) is 70.8 cm³/mol. The molecule has 1 aromatic heterocycles. The number of piperidine rings is 1. The molecule has 2 rings (SSSR count). The van der Waals surface area contributed by atoms with Gasteiger partial charge in [-0.2, -0.15) is 11.3 Å². The van der Waals surface area contributed by atoms with Crippen molar-refractivity contribution in [3.8, 4) is 0 Å². The zero-order chi connectivity index (χ0) is 12.8. The number of hydrogen-bond donors (Lipinski definition) is 1. The first kappa shape index (κ1) is 13.5. The molecule has 0 spiro atoms. The number of carboxylic acid groups (broad SMARTS) is 1. The number of rotatable bonds is 6. The lowest BCUT2D eigenvalue weighted by molar-refractivity contribution is -0.138. The third-order valence-corrected chi connectivity index (χ3v) is 3.92. The molecular weight excluding hydrogens is 250 g/mol. The molecule has 2 heterocycles. The van der Waals surface area contributed by atoms with Crippen LogP contribution in [0.15, 0.2) is 16.8 Å². The van der Waals surface area contributed by atoms with Crippen molar-refractivity contribution in [1.82, 2.24) is 4.90 Å². The molecule has 0 unspecified atom stereocenters. The van der Waals surface area contributed by atoms with Gasteiger partial charge < -0.3 is 9.84 Å². The van der Waals surface area contributed by atoms with Gasteiger partial charge in [-0.15, -0.1) is 0 Å². The summed E-state index contributed by atoms with van der Waals surface area (Å²) in [5.74, 6) is -0.787. The smallest absolute Gasteiger partial charge is 0.305 e. The lowest BCUT2D eigenvalue weighted by Crippen LogP contribution is -2.36. The second-order valence-corrected chi connectivity index (χ2v) is 5.40. The van der Waals surface area contributed by atoms with E-state index in [2.05, 4.69) is 21.7 Å². The molecule has 1 aromatic rings. The van der Waals surface area contributed by atoms with Gasteiger partial charge in [0.25, 0.3) is 0 Å². The van der Waals surface area contributed by atoms with Crippen LogP contribution in [-0.4, -0.2) is 41.8 Å². The minimum Gasteiger partial charge on any atom is -0.481 e. The van der Waals surface area contributed by atoms with Crippen LogP contribution in [0.1, 0.15) is 24.8 Å². The van der Waals surface area contributed by atoms with E-state index >= 15 is 0 Å². The summed E-state index contributed by atoms with van der Waals surface area (Å²) in [6.45, 7) is 3.43. The summed E-state index contributed by atoms with van der Waals surface area (Å²) in [6, 6.07) is 2.17. The van der Waals surface area contributed by atoms with Gasteiger partial charge in [0.1, 0.15) is 0 Å². The van der Waals surface area contributed by atoms with Crippen molar-refractivity contribution in [1.29, 1.82) is 0 Å². The maximum atomic E-state index is 10.4. The highest BCUT2D eigenvalue weighted by Gasteiger charge is 2.19. The van der Waals surface area contributed by atoms with Crippen molar-refractivity contribution >= 4 is 17.3 Å². The highest BCUT2D eigenvalue weighted by atomic mass is 32.1.